The van der Waals surface area contributed by atoms with E-state index < -0.39 is 40.6 Å². The molecule has 0 aliphatic heterocycles. The van der Waals surface area contributed by atoms with Gasteiger partial charge < -0.3 is 9.47 Å². The first-order valence-electron chi connectivity index (χ1n) is 9.37. The molecule has 11 heteroatoms. The lowest BCUT2D eigenvalue weighted by Crippen LogP contribution is -2.06. The van der Waals surface area contributed by atoms with Crippen molar-refractivity contribution in [2.24, 2.45) is 5.10 Å². The summed E-state index contributed by atoms with van der Waals surface area (Å²) < 4.78 is 91.6. The SMILES string of the molecule is CCOc1cc(C=NNc2c(F)c(F)c(F)c(F)c2F)cc(Cl)c1OCc1cccc(F)c1. The van der Waals surface area contributed by atoms with Crippen molar-refractivity contribution in [1.29, 1.82) is 0 Å². The molecule has 0 bridgehead atoms. The van der Waals surface area contributed by atoms with Gasteiger partial charge in [-0.2, -0.15) is 5.10 Å². The fourth-order valence-corrected chi connectivity index (χ4v) is 3.00. The Balaban J connectivity index is 1.82. The molecule has 174 valence electrons. The minimum atomic E-state index is -2.28. The molecule has 0 aliphatic carbocycles. The zero-order valence-corrected chi connectivity index (χ0v) is 17.6. The van der Waals surface area contributed by atoms with Gasteiger partial charge in [0.05, 0.1) is 17.8 Å². The Kier molecular flexibility index (Phi) is 7.70. The molecule has 0 aliphatic rings. The van der Waals surface area contributed by atoms with Crippen molar-refractivity contribution in [3.8, 4) is 11.5 Å². The highest BCUT2D eigenvalue weighted by atomic mass is 35.5. The molecule has 4 nitrogen and oxygen atoms in total. The van der Waals surface area contributed by atoms with Gasteiger partial charge >= 0.3 is 0 Å². The summed E-state index contributed by atoms with van der Waals surface area (Å²) in [6, 6.07) is 8.56. The summed E-state index contributed by atoms with van der Waals surface area (Å²) in [5.74, 6) is -10.7. The van der Waals surface area contributed by atoms with Crippen LogP contribution in [0.2, 0.25) is 5.02 Å². The van der Waals surface area contributed by atoms with Gasteiger partial charge in [-0.05, 0) is 42.3 Å². The van der Waals surface area contributed by atoms with Crippen LogP contribution in [-0.2, 0) is 6.61 Å². The number of ether oxygens (including phenoxy) is 2. The molecule has 3 rings (SSSR count). The van der Waals surface area contributed by atoms with Crippen molar-refractivity contribution in [3.63, 3.8) is 0 Å². The lowest BCUT2D eigenvalue weighted by molar-refractivity contribution is 0.269. The monoisotopic (exact) mass is 488 g/mol. The van der Waals surface area contributed by atoms with Gasteiger partial charge in [0.25, 0.3) is 0 Å². The van der Waals surface area contributed by atoms with Crippen LogP contribution in [0.4, 0.5) is 32.0 Å². The number of hydrogen-bond donors (Lipinski definition) is 1. The molecule has 0 aromatic heterocycles. The molecular weight excluding hydrogens is 474 g/mol. The quantitative estimate of drug-likeness (QED) is 0.128. The van der Waals surface area contributed by atoms with E-state index in [9.17, 15) is 26.3 Å². The van der Waals surface area contributed by atoms with E-state index in [0.717, 1.165) is 6.21 Å². The second kappa shape index (κ2) is 10.5. The standard InChI is InChI=1S/C22H15ClF6N2O2/c1-2-32-15-8-12(7-14(23)22(15)33-10-11-4-3-5-13(24)6-11)9-30-31-21-19(28)17(26)16(25)18(27)20(21)29/h3-9,31H,2,10H2,1H3. The van der Waals surface area contributed by atoms with Crippen LogP contribution < -0.4 is 14.9 Å². The van der Waals surface area contributed by atoms with Crippen LogP contribution in [0.5, 0.6) is 11.5 Å². The van der Waals surface area contributed by atoms with Crippen LogP contribution in [-0.4, -0.2) is 12.8 Å². The zero-order valence-electron chi connectivity index (χ0n) is 16.9. The number of halogens is 7. The maximum absolute atomic E-state index is 13.7. The molecule has 33 heavy (non-hydrogen) atoms. The van der Waals surface area contributed by atoms with Crippen molar-refractivity contribution >= 4 is 23.5 Å². The van der Waals surface area contributed by atoms with Gasteiger partial charge in [-0.15, -0.1) is 0 Å². The highest BCUT2D eigenvalue weighted by molar-refractivity contribution is 6.32. The lowest BCUT2D eigenvalue weighted by Gasteiger charge is -2.14. The molecule has 0 heterocycles. The van der Waals surface area contributed by atoms with Crippen molar-refractivity contribution in [1.82, 2.24) is 0 Å². The van der Waals surface area contributed by atoms with Gasteiger partial charge in [0.2, 0.25) is 5.82 Å². The van der Waals surface area contributed by atoms with Gasteiger partial charge in [0, 0.05) is 0 Å². The summed E-state index contributed by atoms with van der Waals surface area (Å²) in [6.45, 7) is 1.93. The molecule has 0 saturated carbocycles. The summed E-state index contributed by atoms with van der Waals surface area (Å²) in [5, 5.41) is 3.59. The summed E-state index contributed by atoms with van der Waals surface area (Å²) in [6.07, 6.45) is 1.03. The molecule has 0 fully saturated rings. The van der Waals surface area contributed by atoms with E-state index in [4.69, 9.17) is 21.1 Å². The fraction of sp³-hybridized carbons (Fsp3) is 0.136. The molecule has 3 aromatic carbocycles. The number of nitrogens with one attached hydrogen (secondary N) is 1. The van der Waals surface area contributed by atoms with Crippen molar-refractivity contribution in [2.45, 2.75) is 13.5 Å². The number of hydrazone groups is 1. The van der Waals surface area contributed by atoms with Gasteiger partial charge in [-0.3, -0.25) is 5.43 Å². The average Bonchev–Trinajstić information content (AvgIpc) is 2.78. The Morgan fingerprint density at radius 3 is 2.21 bits per heavy atom. The molecule has 0 atom stereocenters. The summed E-state index contributed by atoms with van der Waals surface area (Å²) >= 11 is 6.25. The second-order valence-electron chi connectivity index (χ2n) is 6.50. The number of hydrogen-bond acceptors (Lipinski definition) is 4. The Morgan fingerprint density at radius 1 is 0.909 bits per heavy atom. The molecule has 0 amide bonds. The van der Waals surface area contributed by atoms with E-state index in [2.05, 4.69) is 5.10 Å². The summed E-state index contributed by atoms with van der Waals surface area (Å²) in [7, 11) is 0. The Morgan fingerprint density at radius 2 is 1.58 bits per heavy atom. The maximum Gasteiger partial charge on any atom is 0.200 e. The average molecular weight is 489 g/mol. The molecule has 0 saturated heterocycles. The highest BCUT2D eigenvalue weighted by Gasteiger charge is 2.25. The first kappa shape index (κ1) is 24.2. The number of anilines is 1. The Labute approximate surface area is 189 Å². The molecule has 0 radical (unpaired) electrons. The van der Waals surface area contributed by atoms with E-state index in [1.807, 2.05) is 0 Å². The van der Waals surface area contributed by atoms with Crippen LogP contribution in [0.25, 0.3) is 0 Å². The topological polar surface area (TPSA) is 42.8 Å². The van der Waals surface area contributed by atoms with Crippen molar-refractivity contribution in [3.05, 3.63) is 87.5 Å². The molecule has 0 unspecified atom stereocenters. The van der Waals surface area contributed by atoms with Crippen LogP contribution in [0.1, 0.15) is 18.1 Å². The van der Waals surface area contributed by atoms with Crippen LogP contribution in [0.15, 0.2) is 41.5 Å². The van der Waals surface area contributed by atoms with Gasteiger partial charge in [-0.25, -0.2) is 26.3 Å². The summed E-state index contributed by atoms with van der Waals surface area (Å²) in [4.78, 5) is 0. The Hall–Kier alpha value is -3.40. The minimum absolute atomic E-state index is 0.00715. The van der Waals surface area contributed by atoms with Crippen molar-refractivity contribution in [2.75, 3.05) is 12.0 Å². The lowest BCUT2D eigenvalue weighted by atomic mass is 10.2. The van der Waals surface area contributed by atoms with E-state index in [0.29, 0.717) is 5.56 Å². The highest BCUT2D eigenvalue weighted by Crippen LogP contribution is 2.37. The van der Waals surface area contributed by atoms with Crippen molar-refractivity contribution < 1.29 is 35.8 Å². The normalized spacial score (nSPS) is 11.2. The third kappa shape index (κ3) is 5.51. The third-order valence-electron chi connectivity index (χ3n) is 4.20. The zero-order chi connectivity index (χ0) is 24.1. The number of nitrogens with zero attached hydrogens (tertiary/aromatic N) is 1. The number of rotatable bonds is 8. The van der Waals surface area contributed by atoms with Gasteiger partial charge in [-0.1, -0.05) is 23.7 Å². The smallest absolute Gasteiger partial charge is 0.200 e. The van der Waals surface area contributed by atoms with E-state index in [1.165, 1.54) is 30.3 Å². The largest absolute Gasteiger partial charge is 0.490 e. The molecule has 0 spiro atoms. The predicted octanol–water partition coefficient (Wildman–Crippen LogP) is 6.60. The summed E-state index contributed by atoms with van der Waals surface area (Å²) in [5.41, 5.74) is 1.30. The molecular formula is C22H15ClF6N2O2. The van der Waals surface area contributed by atoms with E-state index in [-0.39, 0.29) is 35.3 Å². The van der Waals surface area contributed by atoms with Gasteiger partial charge in [0.15, 0.2) is 34.8 Å². The van der Waals surface area contributed by atoms with Crippen LogP contribution in [0, 0.1) is 34.9 Å². The number of benzene rings is 3. The van der Waals surface area contributed by atoms with Gasteiger partial charge in [0.1, 0.15) is 18.1 Å². The second-order valence-corrected chi connectivity index (χ2v) is 6.90. The fourth-order valence-electron chi connectivity index (χ4n) is 2.72. The minimum Gasteiger partial charge on any atom is -0.490 e. The molecule has 1 N–H and O–H groups in total. The molecule has 3 aromatic rings. The van der Waals surface area contributed by atoms with E-state index >= 15 is 0 Å². The third-order valence-corrected chi connectivity index (χ3v) is 4.48. The maximum atomic E-state index is 13.7. The predicted molar refractivity (Wildman–Crippen MR) is 111 cm³/mol. The first-order valence-corrected chi connectivity index (χ1v) is 9.74. The van der Waals surface area contributed by atoms with Crippen LogP contribution in [0.3, 0.4) is 0 Å². The first-order chi connectivity index (χ1) is 15.7. The Bertz CT molecular complexity index is 1180. The van der Waals surface area contributed by atoms with E-state index in [1.54, 1.807) is 18.4 Å². The van der Waals surface area contributed by atoms with Crippen LogP contribution >= 0.6 is 11.6 Å².